The Hall–Kier alpha value is -0.980. The average Bonchev–Trinajstić information content (AvgIpc) is 2.84. The lowest BCUT2D eigenvalue weighted by molar-refractivity contribution is 0.130. The maximum absolute atomic E-state index is 5.52. The Bertz CT molecular complexity index is 363. The smallest absolute Gasteiger partial charge is 0.0962 e. The number of rotatable bonds is 5. The van der Waals surface area contributed by atoms with E-state index < -0.39 is 0 Å². The molecule has 6 heteroatoms. The third-order valence-electron chi connectivity index (χ3n) is 3.70. The number of hydrogen-bond donors (Lipinski definition) is 1. The molecule has 1 aliphatic rings. The molecule has 1 aromatic rings. The van der Waals surface area contributed by atoms with Crippen LogP contribution in [0.25, 0.3) is 0 Å². The Morgan fingerprint density at radius 1 is 1.56 bits per heavy atom. The molecule has 2 heterocycles. The van der Waals surface area contributed by atoms with Crippen molar-refractivity contribution < 1.29 is 0 Å². The Balaban J connectivity index is 1.78. The van der Waals surface area contributed by atoms with Gasteiger partial charge in [0.05, 0.1) is 12.2 Å². The van der Waals surface area contributed by atoms with Crippen molar-refractivity contribution in [2.75, 3.05) is 33.7 Å². The quantitative estimate of drug-likeness (QED) is 0.784. The minimum absolute atomic E-state index is 0.462. The summed E-state index contributed by atoms with van der Waals surface area (Å²) in [7, 11) is 4.40. The topological polar surface area (TPSA) is 63.2 Å². The predicted octanol–water partition coefficient (Wildman–Crippen LogP) is -0.237. The fraction of sp³-hybridized carbons (Fsp3) is 0.833. The average molecular weight is 252 g/mol. The molecule has 102 valence electrons. The van der Waals surface area contributed by atoms with Gasteiger partial charge in [-0.2, -0.15) is 0 Å². The number of likely N-dealkylation sites (tertiary alicyclic amines) is 1. The highest BCUT2D eigenvalue weighted by molar-refractivity contribution is 4.90. The van der Waals surface area contributed by atoms with Crippen LogP contribution in [0.2, 0.25) is 0 Å². The van der Waals surface area contributed by atoms with Gasteiger partial charge in [0.25, 0.3) is 0 Å². The molecule has 0 aromatic carbocycles. The molecule has 0 aliphatic carbocycles. The van der Waals surface area contributed by atoms with Crippen LogP contribution in [0.1, 0.15) is 18.5 Å². The van der Waals surface area contributed by atoms with Crippen LogP contribution in [0.5, 0.6) is 0 Å². The predicted molar refractivity (Wildman–Crippen MR) is 71.1 cm³/mol. The van der Waals surface area contributed by atoms with Crippen molar-refractivity contribution in [3.63, 3.8) is 0 Å². The molecule has 1 saturated heterocycles. The second-order valence-electron chi connectivity index (χ2n) is 5.22. The minimum Gasteiger partial charge on any atom is -0.325 e. The molecule has 18 heavy (non-hydrogen) atoms. The molecule has 0 saturated carbocycles. The molecule has 1 aliphatic heterocycles. The molecular weight excluding hydrogens is 228 g/mol. The van der Waals surface area contributed by atoms with Gasteiger partial charge in [-0.3, -0.25) is 4.68 Å². The van der Waals surface area contributed by atoms with Crippen LogP contribution >= 0.6 is 0 Å². The molecule has 0 spiro atoms. The first-order valence-electron chi connectivity index (χ1n) is 6.67. The van der Waals surface area contributed by atoms with Crippen LogP contribution in [0.4, 0.5) is 0 Å². The molecule has 0 amide bonds. The van der Waals surface area contributed by atoms with E-state index in [1.54, 1.807) is 0 Å². The Morgan fingerprint density at radius 3 is 3.06 bits per heavy atom. The van der Waals surface area contributed by atoms with Gasteiger partial charge in [-0.25, -0.2) is 0 Å². The molecule has 6 nitrogen and oxygen atoms in total. The van der Waals surface area contributed by atoms with Crippen LogP contribution in [-0.2, 0) is 13.1 Å². The second kappa shape index (κ2) is 6.26. The summed E-state index contributed by atoms with van der Waals surface area (Å²) in [5.74, 6) is 0. The zero-order valence-electron chi connectivity index (χ0n) is 11.4. The largest absolute Gasteiger partial charge is 0.325 e. The fourth-order valence-electron chi connectivity index (χ4n) is 2.48. The van der Waals surface area contributed by atoms with Crippen LogP contribution in [0.15, 0.2) is 6.20 Å². The number of aromatic nitrogens is 3. The summed E-state index contributed by atoms with van der Waals surface area (Å²) in [6.45, 7) is 4.74. The Labute approximate surface area is 109 Å². The van der Waals surface area contributed by atoms with E-state index in [4.69, 9.17) is 5.73 Å². The summed E-state index contributed by atoms with van der Waals surface area (Å²) in [4.78, 5) is 4.84. The highest BCUT2D eigenvalue weighted by Gasteiger charge is 2.20. The zero-order valence-corrected chi connectivity index (χ0v) is 11.4. The van der Waals surface area contributed by atoms with E-state index in [1.165, 1.54) is 25.9 Å². The van der Waals surface area contributed by atoms with E-state index in [-0.39, 0.29) is 0 Å². The Kier molecular flexibility index (Phi) is 4.68. The highest BCUT2D eigenvalue weighted by atomic mass is 15.4. The molecule has 2 rings (SSSR count). The molecule has 1 unspecified atom stereocenters. The maximum atomic E-state index is 5.52. The number of piperidine rings is 1. The first kappa shape index (κ1) is 13.5. The summed E-state index contributed by atoms with van der Waals surface area (Å²) in [6.07, 6.45) is 4.53. The lowest BCUT2D eigenvalue weighted by Gasteiger charge is -2.35. The van der Waals surface area contributed by atoms with Gasteiger partial charge in [0.15, 0.2) is 0 Å². The van der Waals surface area contributed by atoms with Gasteiger partial charge in [0.2, 0.25) is 0 Å². The van der Waals surface area contributed by atoms with Crippen molar-refractivity contribution >= 4 is 0 Å². The lowest BCUT2D eigenvalue weighted by Crippen LogP contribution is -2.45. The van der Waals surface area contributed by atoms with E-state index in [1.807, 2.05) is 10.9 Å². The third kappa shape index (κ3) is 3.51. The van der Waals surface area contributed by atoms with Gasteiger partial charge in [-0.05, 0) is 33.5 Å². The van der Waals surface area contributed by atoms with Gasteiger partial charge < -0.3 is 15.5 Å². The molecular formula is C12H24N6. The van der Waals surface area contributed by atoms with Gasteiger partial charge in [0.1, 0.15) is 0 Å². The highest BCUT2D eigenvalue weighted by Crippen LogP contribution is 2.13. The maximum Gasteiger partial charge on any atom is 0.0962 e. The molecule has 0 bridgehead atoms. The van der Waals surface area contributed by atoms with Crippen molar-refractivity contribution in [1.29, 1.82) is 0 Å². The van der Waals surface area contributed by atoms with Crippen LogP contribution in [-0.4, -0.2) is 64.6 Å². The van der Waals surface area contributed by atoms with Crippen molar-refractivity contribution in [1.82, 2.24) is 24.8 Å². The lowest BCUT2D eigenvalue weighted by atomic mass is 10.1. The molecule has 1 fully saturated rings. The van der Waals surface area contributed by atoms with Gasteiger partial charge >= 0.3 is 0 Å². The van der Waals surface area contributed by atoms with Crippen LogP contribution in [0, 0.1) is 0 Å². The third-order valence-corrected chi connectivity index (χ3v) is 3.70. The Morgan fingerprint density at radius 2 is 2.39 bits per heavy atom. The monoisotopic (exact) mass is 252 g/mol. The van der Waals surface area contributed by atoms with Gasteiger partial charge in [0, 0.05) is 31.9 Å². The normalized spacial score (nSPS) is 21.7. The molecule has 2 N–H and O–H groups in total. The van der Waals surface area contributed by atoms with Crippen molar-refractivity contribution in [3.8, 4) is 0 Å². The van der Waals surface area contributed by atoms with E-state index in [2.05, 4.69) is 34.2 Å². The van der Waals surface area contributed by atoms with Gasteiger partial charge in [-0.15, -0.1) is 5.10 Å². The van der Waals surface area contributed by atoms with Crippen LogP contribution in [0.3, 0.4) is 0 Å². The van der Waals surface area contributed by atoms with E-state index in [9.17, 15) is 0 Å². The standard InChI is InChI=1S/C12H24N6/c1-16-5-3-4-12(10-16)17(2)6-7-18-9-11(8-13)14-15-18/h9,12H,3-8,10,13H2,1-2H3. The van der Waals surface area contributed by atoms with E-state index in [0.29, 0.717) is 12.6 Å². The molecule has 1 aromatic heterocycles. The number of nitrogens with two attached hydrogens (primary N) is 1. The number of nitrogens with zero attached hydrogens (tertiary/aromatic N) is 5. The second-order valence-corrected chi connectivity index (χ2v) is 5.22. The number of likely N-dealkylation sites (N-methyl/N-ethyl adjacent to an activating group) is 2. The van der Waals surface area contributed by atoms with Crippen molar-refractivity contribution in [2.45, 2.75) is 32.0 Å². The molecule has 1 atom stereocenters. The fourth-order valence-corrected chi connectivity index (χ4v) is 2.48. The summed E-state index contributed by atoms with van der Waals surface area (Å²) in [6, 6.07) is 0.668. The van der Waals surface area contributed by atoms with E-state index >= 15 is 0 Å². The summed E-state index contributed by atoms with van der Waals surface area (Å²) in [5.41, 5.74) is 6.38. The summed E-state index contributed by atoms with van der Waals surface area (Å²) < 4.78 is 1.88. The minimum atomic E-state index is 0.462. The molecule has 0 radical (unpaired) electrons. The van der Waals surface area contributed by atoms with Crippen molar-refractivity contribution in [2.24, 2.45) is 5.73 Å². The summed E-state index contributed by atoms with van der Waals surface area (Å²) >= 11 is 0. The van der Waals surface area contributed by atoms with Gasteiger partial charge in [-0.1, -0.05) is 5.21 Å². The first-order chi connectivity index (χ1) is 8.69. The van der Waals surface area contributed by atoms with Crippen molar-refractivity contribution in [3.05, 3.63) is 11.9 Å². The summed E-state index contributed by atoms with van der Waals surface area (Å²) in [5, 5.41) is 8.07. The first-order valence-corrected chi connectivity index (χ1v) is 6.67. The number of hydrogen-bond acceptors (Lipinski definition) is 5. The zero-order chi connectivity index (χ0) is 13.0. The SMILES string of the molecule is CN1CCCC(N(C)CCn2cc(CN)nn2)C1. The van der Waals surface area contributed by atoms with Crippen LogP contribution < -0.4 is 5.73 Å². The van der Waals surface area contributed by atoms with E-state index in [0.717, 1.165) is 18.8 Å².